The number of hydrogen-bond donors (Lipinski definition) is 2. The van der Waals surface area contributed by atoms with Crippen molar-refractivity contribution in [1.29, 1.82) is 0 Å². The van der Waals surface area contributed by atoms with Gasteiger partial charge in [0.1, 0.15) is 5.82 Å². The standard InChI is InChI=1S/C16H23N5/c1-14-17-11-16(19-14)12-18-21-9-7-20(8-10-21)13-15-5-3-2-4-6-15/h2-6,11,18H,7-10,12-13H2,1H3,(H,17,19). The zero-order valence-electron chi connectivity index (χ0n) is 12.5. The Balaban J connectivity index is 1.40. The van der Waals surface area contributed by atoms with Gasteiger partial charge < -0.3 is 4.98 Å². The van der Waals surface area contributed by atoms with Crippen LogP contribution >= 0.6 is 0 Å². The Labute approximate surface area is 126 Å². The molecule has 0 amide bonds. The minimum absolute atomic E-state index is 0.819. The van der Waals surface area contributed by atoms with E-state index >= 15 is 0 Å². The fraction of sp³-hybridized carbons (Fsp3) is 0.438. The van der Waals surface area contributed by atoms with Crippen LogP contribution in [0, 0.1) is 6.92 Å². The molecule has 0 spiro atoms. The van der Waals surface area contributed by atoms with Crippen molar-refractivity contribution in [1.82, 2.24) is 25.3 Å². The summed E-state index contributed by atoms with van der Waals surface area (Å²) in [5.41, 5.74) is 6.00. The molecule has 0 saturated carbocycles. The molecule has 0 aliphatic carbocycles. The number of aryl methyl sites for hydroxylation is 1. The van der Waals surface area contributed by atoms with E-state index in [1.807, 2.05) is 13.1 Å². The van der Waals surface area contributed by atoms with Gasteiger partial charge in [-0.25, -0.2) is 15.4 Å². The van der Waals surface area contributed by atoms with Crippen molar-refractivity contribution >= 4 is 0 Å². The molecule has 1 aromatic heterocycles. The number of H-pyrrole nitrogens is 1. The highest BCUT2D eigenvalue weighted by Gasteiger charge is 2.16. The van der Waals surface area contributed by atoms with Crippen molar-refractivity contribution in [2.45, 2.75) is 20.0 Å². The van der Waals surface area contributed by atoms with Crippen LogP contribution in [-0.4, -0.2) is 46.1 Å². The van der Waals surface area contributed by atoms with E-state index in [4.69, 9.17) is 0 Å². The lowest BCUT2D eigenvalue weighted by molar-refractivity contribution is 0.0830. The molecule has 2 aromatic rings. The second kappa shape index (κ2) is 6.85. The van der Waals surface area contributed by atoms with E-state index in [-0.39, 0.29) is 0 Å². The maximum Gasteiger partial charge on any atom is 0.103 e. The third-order valence-electron chi connectivity index (χ3n) is 3.87. The summed E-state index contributed by atoms with van der Waals surface area (Å²) >= 11 is 0. The average molecular weight is 285 g/mol. The molecule has 0 unspecified atom stereocenters. The smallest absolute Gasteiger partial charge is 0.103 e. The fourth-order valence-electron chi connectivity index (χ4n) is 2.66. The van der Waals surface area contributed by atoms with Gasteiger partial charge in [0.05, 0.1) is 12.2 Å². The summed E-state index contributed by atoms with van der Waals surface area (Å²) in [6, 6.07) is 10.7. The number of aromatic nitrogens is 2. The summed E-state index contributed by atoms with van der Waals surface area (Å²) in [4.78, 5) is 9.97. The highest BCUT2D eigenvalue weighted by Crippen LogP contribution is 2.07. The van der Waals surface area contributed by atoms with Crippen LogP contribution in [0.5, 0.6) is 0 Å². The van der Waals surface area contributed by atoms with Gasteiger partial charge in [0, 0.05) is 38.9 Å². The molecule has 1 saturated heterocycles. The van der Waals surface area contributed by atoms with Crippen molar-refractivity contribution in [3.8, 4) is 0 Å². The molecule has 1 aliphatic heterocycles. The molecule has 1 fully saturated rings. The maximum atomic E-state index is 4.22. The third-order valence-corrected chi connectivity index (χ3v) is 3.87. The lowest BCUT2D eigenvalue weighted by atomic mass is 10.2. The van der Waals surface area contributed by atoms with Crippen LogP contribution in [0.3, 0.4) is 0 Å². The van der Waals surface area contributed by atoms with Gasteiger partial charge >= 0.3 is 0 Å². The zero-order valence-corrected chi connectivity index (χ0v) is 12.5. The summed E-state index contributed by atoms with van der Waals surface area (Å²) in [6.07, 6.45) is 1.90. The van der Waals surface area contributed by atoms with Crippen LogP contribution in [0.15, 0.2) is 36.5 Å². The number of hydrazine groups is 1. The topological polar surface area (TPSA) is 47.2 Å². The van der Waals surface area contributed by atoms with E-state index in [2.05, 4.69) is 55.6 Å². The molecule has 5 nitrogen and oxygen atoms in total. The van der Waals surface area contributed by atoms with E-state index < -0.39 is 0 Å². The molecule has 0 radical (unpaired) electrons. The van der Waals surface area contributed by atoms with E-state index in [1.54, 1.807) is 0 Å². The Hall–Kier alpha value is -1.69. The Morgan fingerprint density at radius 1 is 1.14 bits per heavy atom. The minimum atomic E-state index is 0.819. The minimum Gasteiger partial charge on any atom is -0.345 e. The zero-order chi connectivity index (χ0) is 14.5. The van der Waals surface area contributed by atoms with Gasteiger partial charge in [-0.15, -0.1) is 0 Å². The van der Waals surface area contributed by atoms with Crippen molar-refractivity contribution in [3.63, 3.8) is 0 Å². The average Bonchev–Trinajstić information content (AvgIpc) is 2.93. The quantitative estimate of drug-likeness (QED) is 0.875. The number of imidazole rings is 1. The predicted octanol–water partition coefficient (Wildman–Crippen LogP) is 1.54. The molecule has 0 atom stereocenters. The van der Waals surface area contributed by atoms with E-state index in [0.29, 0.717) is 0 Å². The molecule has 21 heavy (non-hydrogen) atoms. The first-order valence-corrected chi connectivity index (χ1v) is 7.55. The highest BCUT2D eigenvalue weighted by atomic mass is 15.5. The van der Waals surface area contributed by atoms with Crippen molar-refractivity contribution in [2.24, 2.45) is 0 Å². The molecular formula is C16H23N5. The fourth-order valence-corrected chi connectivity index (χ4v) is 2.66. The van der Waals surface area contributed by atoms with Crippen LogP contribution < -0.4 is 5.43 Å². The molecule has 112 valence electrons. The van der Waals surface area contributed by atoms with Gasteiger partial charge in [0.15, 0.2) is 0 Å². The Bertz CT molecular complexity index is 543. The molecule has 2 N–H and O–H groups in total. The number of aromatic amines is 1. The van der Waals surface area contributed by atoms with Crippen LogP contribution in [0.2, 0.25) is 0 Å². The van der Waals surface area contributed by atoms with E-state index in [9.17, 15) is 0 Å². The molecule has 0 bridgehead atoms. The number of piperazine rings is 1. The number of nitrogens with zero attached hydrogens (tertiary/aromatic N) is 3. The summed E-state index contributed by atoms with van der Waals surface area (Å²) in [7, 11) is 0. The predicted molar refractivity (Wildman–Crippen MR) is 83.5 cm³/mol. The molecule has 1 aliphatic rings. The van der Waals surface area contributed by atoms with Crippen molar-refractivity contribution < 1.29 is 0 Å². The second-order valence-corrected chi connectivity index (χ2v) is 5.58. The Morgan fingerprint density at radius 3 is 2.57 bits per heavy atom. The Kier molecular flexibility index (Phi) is 4.65. The number of rotatable bonds is 5. The lowest BCUT2D eigenvalue weighted by Gasteiger charge is -2.34. The molecular weight excluding hydrogens is 262 g/mol. The first-order valence-electron chi connectivity index (χ1n) is 7.55. The molecule has 2 heterocycles. The van der Waals surface area contributed by atoms with Gasteiger partial charge in [0.25, 0.3) is 0 Å². The Morgan fingerprint density at radius 2 is 1.90 bits per heavy atom. The van der Waals surface area contributed by atoms with Gasteiger partial charge in [0.2, 0.25) is 0 Å². The van der Waals surface area contributed by atoms with Gasteiger partial charge in [-0.2, -0.15) is 0 Å². The summed E-state index contributed by atoms with van der Waals surface area (Å²) in [5.74, 6) is 0.972. The maximum absolute atomic E-state index is 4.22. The summed E-state index contributed by atoms with van der Waals surface area (Å²) < 4.78 is 0. The molecule has 3 rings (SSSR count). The highest BCUT2D eigenvalue weighted by molar-refractivity contribution is 5.14. The van der Waals surface area contributed by atoms with Gasteiger partial charge in [-0.1, -0.05) is 30.3 Å². The number of hydrogen-bond acceptors (Lipinski definition) is 4. The van der Waals surface area contributed by atoms with Gasteiger partial charge in [-0.05, 0) is 12.5 Å². The monoisotopic (exact) mass is 285 g/mol. The SMILES string of the molecule is Cc1ncc(CNN2CCN(Cc3ccccc3)CC2)[nH]1. The lowest BCUT2D eigenvalue weighted by Crippen LogP contribution is -2.51. The molecule has 5 heteroatoms. The van der Waals surface area contributed by atoms with Crippen molar-refractivity contribution in [3.05, 3.63) is 53.6 Å². The number of nitrogens with one attached hydrogen (secondary N) is 2. The summed E-state index contributed by atoms with van der Waals surface area (Å²) in [5, 5.41) is 2.30. The van der Waals surface area contributed by atoms with Gasteiger partial charge in [-0.3, -0.25) is 4.90 Å². The second-order valence-electron chi connectivity index (χ2n) is 5.58. The van der Waals surface area contributed by atoms with E-state index in [0.717, 1.165) is 50.8 Å². The summed E-state index contributed by atoms with van der Waals surface area (Å²) in [6.45, 7) is 8.16. The first-order chi connectivity index (χ1) is 10.3. The van der Waals surface area contributed by atoms with Crippen LogP contribution in [-0.2, 0) is 13.1 Å². The molecule has 1 aromatic carbocycles. The first kappa shape index (κ1) is 14.3. The van der Waals surface area contributed by atoms with Crippen LogP contribution in [0.25, 0.3) is 0 Å². The van der Waals surface area contributed by atoms with Crippen LogP contribution in [0.1, 0.15) is 17.1 Å². The largest absolute Gasteiger partial charge is 0.345 e. The van der Waals surface area contributed by atoms with Crippen molar-refractivity contribution in [2.75, 3.05) is 26.2 Å². The number of benzene rings is 1. The normalized spacial score (nSPS) is 17.2. The third kappa shape index (κ3) is 4.14. The van der Waals surface area contributed by atoms with Crippen LogP contribution in [0.4, 0.5) is 0 Å². The van der Waals surface area contributed by atoms with E-state index in [1.165, 1.54) is 5.56 Å².